The molecule has 20 heavy (non-hydrogen) atoms. The molecule has 0 saturated carbocycles. The molecule has 1 amide bonds. The molecule has 102 valence electrons. The molecule has 1 aromatic heterocycles. The fourth-order valence-electron chi connectivity index (χ4n) is 2.43. The molecule has 0 spiro atoms. The Morgan fingerprint density at radius 2 is 2.05 bits per heavy atom. The maximum atomic E-state index is 12.3. The molecule has 0 radical (unpaired) electrons. The van der Waals surface area contributed by atoms with Crippen molar-refractivity contribution in [2.45, 2.75) is 6.42 Å². The van der Waals surface area contributed by atoms with Crippen LogP contribution in [-0.4, -0.2) is 28.9 Å². The second-order valence-electron chi connectivity index (χ2n) is 4.83. The number of H-pyrrole nitrogens is 1. The van der Waals surface area contributed by atoms with Crippen molar-refractivity contribution >= 4 is 27.4 Å². The van der Waals surface area contributed by atoms with Gasteiger partial charge in [-0.3, -0.25) is 4.79 Å². The predicted octanol–water partition coefficient (Wildman–Crippen LogP) is 3.71. The van der Waals surface area contributed by atoms with Crippen LogP contribution in [0, 0.1) is 0 Å². The molecule has 3 rings (SSSR count). The van der Waals surface area contributed by atoms with Crippen LogP contribution in [0.1, 0.15) is 22.5 Å². The van der Waals surface area contributed by atoms with Crippen molar-refractivity contribution in [2.75, 3.05) is 13.1 Å². The van der Waals surface area contributed by atoms with Crippen LogP contribution in [0.25, 0.3) is 5.57 Å². The standard InChI is InChI=1S/C16H15BrN2O/c17-14-10-15(18-11-14)16(20)19-8-6-13(7-9-19)12-4-2-1-3-5-12/h1-6,10-11,18H,7-9H2. The summed E-state index contributed by atoms with van der Waals surface area (Å²) in [7, 11) is 0. The van der Waals surface area contributed by atoms with Gasteiger partial charge in [-0.15, -0.1) is 0 Å². The number of rotatable bonds is 2. The van der Waals surface area contributed by atoms with E-state index in [0.717, 1.165) is 17.4 Å². The second-order valence-corrected chi connectivity index (χ2v) is 5.74. The van der Waals surface area contributed by atoms with Gasteiger partial charge in [0.25, 0.3) is 5.91 Å². The Morgan fingerprint density at radius 3 is 2.65 bits per heavy atom. The van der Waals surface area contributed by atoms with Gasteiger partial charge in [0.2, 0.25) is 0 Å². The van der Waals surface area contributed by atoms with Crippen LogP contribution in [0.15, 0.2) is 53.1 Å². The quantitative estimate of drug-likeness (QED) is 0.895. The average Bonchev–Trinajstić information content (AvgIpc) is 2.94. The van der Waals surface area contributed by atoms with Gasteiger partial charge in [0.05, 0.1) is 0 Å². The lowest BCUT2D eigenvalue weighted by atomic mass is 9.99. The third-order valence-corrected chi connectivity index (χ3v) is 3.98. The first kappa shape index (κ1) is 13.2. The molecule has 1 aliphatic rings. The summed E-state index contributed by atoms with van der Waals surface area (Å²) in [4.78, 5) is 17.2. The minimum atomic E-state index is 0.0547. The minimum absolute atomic E-state index is 0.0547. The first-order chi connectivity index (χ1) is 9.74. The first-order valence-corrected chi connectivity index (χ1v) is 7.41. The Bertz CT molecular complexity index is 646. The van der Waals surface area contributed by atoms with Crippen LogP contribution in [0.5, 0.6) is 0 Å². The number of aromatic nitrogens is 1. The monoisotopic (exact) mass is 330 g/mol. The van der Waals surface area contributed by atoms with E-state index in [0.29, 0.717) is 12.2 Å². The van der Waals surface area contributed by atoms with Crippen LogP contribution >= 0.6 is 15.9 Å². The van der Waals surface area contributed by atoms with Gasteiger partial charge >= 0.3 is 0 Å². The summed E-state index contributed by atoms with van der Waals surface area (Å²) in [5.41, 5.74) is 3.21. The summed E-state index contributed by atoms with van der Waals surface area (Å²) >= 11 is 3.35. The number of hydrogen-bond acceptors (Lipinski definition) is 1. The van der Waals surface area contributed by atoms with Crippen LogP contribution in [-0.2, 0) is 0 Å². The van der Waals surface area contributed by atoms with E-state index in [2.05, 4.69) is 39.1 Å². The van der Waals surface area contributed by atoms with Crippen molar-refractivity contribution in [3.63, 3.8) is 0 Å². The smallest absolute Gasteiger partial charge is 0.270 e. The van der Waals surface area contributed by atoms with Gasteiger partial charge < -0.3 is 9.88 Å². The number of hydrogen-bond donors (Lipinski definition) is 1. The highest BCUT2D eigenvalue weighted by atomic mass is 79.9. The molecule has 2 aromatic rings. The zero-order chi connectivity index (χ0) is 13.9. The maximum absolute atomic E-state index is 12.3. The van der Waals surface area contributed by atoms with E-state index < -0.39 is 0 Å². The van der Waals surface area contributed by atoms with Gasteiger partial charge in [0, 0.05) is 23.8 Å². The minimum Gasteiger partial charge on any atom is -0.356 e. The SMILES string of the molecule is O=C(c1cc(Br)c[nH]1)N1CC=C(c2ccccc2)CC1. The molecule has 1 aromatic carbocycles. The predicted molar refractivity (Wildman–Crippen MR) is 83.4 cm³/mol. The van der Waals surface area contributed by atoms with Crippen molar-refractivity contribution in [2.24, 2.45) is 0 Å². The molecule has 3 nitrogen and oxygen atoms in total. The van der Waals surface area contributed by atoms with E-state index in [1.54, 1.807) is 6.20 Å². The van der Waals surface area contributed by atoms with E-state index in [1.165, 1.54) is 11.1 Å². The lowest BCUT2D eigenvalue weighted by Gasteiger charge is -2.26. The van der Waals surface area contributed by atoms with Gasteiger partial charge in [0.15, 0.2) is 0 Å². The lowest BCUT2D eigenvalue weighted by molar-refractivity contribution is 0.0767. The number of nitrogens with zero attached hydrogens (tertiary/aromatic N) is 1. The molecule has 0 atom stereocenters. The van der Waals surface area contributed by atoms with Crippen LogP contribution in [0.2, 0.25) is 0 Å². The Morgan fingerprint density at radius 1 is 1.25 bits per heavy atom. The van der Waals surface area contributed by atoms with E-state index in [1.807, 2.05) is 29.2 Å². The number of amides is 1. The summed E-state index contributed by atoms with van der Waals surface area (Å²) in [5.74, 6) is 0.0547. The van der Waals surface area contributed by atoms with Crippen LogP contribution in [0.3, 0.4) is 0 Å². The number of benzene rings is 1. The van der Waals surface area contributed by atoms with Gasteiger partial charge in [0.1, 0.15) is 5.69 Å². The third-order valence-electron chi connectivity index (χ3n) is 3.52. The highest BCUT2D eigenvalue weighted by molar-refractivity contribution is 9.10. The molecule has 1 aliphatic heterocycles. The summed E-state index contributed by atoms with van der Waals surface area (Å²) in [5, 5.41) is 0. The molecule has 4 heteroatoms. The maximum Gasteiger partial charge on any atom is 0.270 e. The number of carbonyl (C=O) groups is 1. The number of nitrogens with one attached hydrogen (secondary N) is 1. The van der Waals surface area contributed by atoms with Gasteiger partial charge in [-0.2, -0.15) is 0 Å². The van der Waals surface area contributed by atoms with Crippen molar-refractivity contribution in [3.05, 3.63) is 64.4 Å². The van der Waals surface area contributed by atoms with E-state index in [4.69, 9.17) is 0 Å². The Balaban J connectivity index is 1.72. The summed E-state index contributed by atoms with van der Waals surface area (Å²) in [6.45, 7) is 1.43. The Kier molecular flexibility index (Phi) is 3.74. The first-order valence-electron chi connectivity index (χ1n) is 6.62. The molecular weight excluding hydrogens is 316 g/mol. The largest absolute Gasteiger partial charge is 0.356 e. The van der Waals surface area contributed by atoms with Crippen molar-refractivity contribution in [3.8, 4) is 0 Å². The van der Waals surface area contributed by atoms with E-state index >= 15 is 0 Å². The lowest BCUT2D eigenvalue weighted by Crippen LogP contribution is -2.34. The number of carbonyl (C=O) groups excluding carboxylic acids is 1. The zero-order valence-electron chi connectivity index (χ0n) is 11.0. The fraction of sp³-hybridized carbons (Fsp3) is 0.188. The third kappa shape index (κ3) is 2.70. The topological polar surface area (TPSA) is 36.1 Å². The van der Waals surface area contributed by atoms with E-state index in [9.17, 15) is 4.79 Å². The highest BCUT2D eigenvalue weighted by Crippen LogP contribution is 2.23. The number of halogens is 1. The molecular formula is C16H15BrN2O. The normalized spacial score (nSPS) is 15.1. The van der Waals surface area contributed by atoms with Gasteiger partial charge in [-0.25, -0.2) is 0 Å². The van der Waals surface area contributed by atoms with E-state index in [-0.39, 0.29) is 5.91 Å². The second kappa shape index (κ2) is 5.67. The molecule has 0 bridgehead atoms. The van der Waals surface area contributed by atoms with Gasteiger partial charge in [-0.05, 0) is 39.6 Å². The molecule has 0 saturated heterocycles. The summed E-state index contributed by atoms with van der Waals surface area (Å²) in [6, 6.07) is 12.2. The van der Waals surface area contributed by atoms with Crippen molar-refractivity contribution < 1.29 is 4.79 Å². The highest BCUT2D eigenvalue weighted by Gasteiger charge is 2.20. The molecule has 2 heterocycles. The Labute approximate surface area is 126 Å². The number of aromatic amines is 1. The van der Waals surface area contributed by atoms with Gasteiger partial charge in [-0.1, -0.05) is 36.4 Å². The average molecular weight is 331 g/mol. The van der Waals surface area contributed by atoms with Crippen LogP contribution in [0.4, 0.5) is 0 Å². The molecule has 1 N–H and O–H groups in total. The van der Waals surface area contributed by atoms with Crippen molar-refractivity contribution in [1.29, 1.82) is 0 Å². The molecule has 0 unspecified atom stereocenters. The molecule has 0 fully saturated rings. The zero-order valence-corrected chi connectivity index (χ0v) is 12.6. The molecule has 0 aliphatic carbocycles. The van der Waals surface area contributed by atoms with Crippen LogP contribution < -0.4 is 0 Å². The fourth-order valence-corrected chi connectivity index (χ4v) is 2.77. The summed E-state index contributed by atoms with van der Waals surface area (Å²) < 4.78 is 0.901. The summed E-state index contributed by atoms with van der Waals surface area (Å²) in [6.07, 6.45) is 4.83. The Hall–Kier alpha value is -1.81. The van der Waals surface area contributed by atoms with Crippen molar-refractivity contribution in [1.82, 2.24) is 9.88 Å².